The van der Waals surface area contributed by atoms with Crippen LogP contribution in [0.3, 0.4) is 0 Å². The van der Waals surface area contributed by atoms with Crippen molar-refractivity contribution in [2.24, 2.45) is 0 Å². The minimum absolute atomic E-state index is 0.0933. The van der Waals surface area contributed by atoms with Crippen molar-refractivity contribution < 1.29 is 4.42 Å². The van der Waals surface area contributed by atoms with Gasteiger partial charge in [-0.2, -0.15) is 0 Å². The van der Waals surface area contributed by atoms with Crippen LogP contribution in [0.2, 0.25) is 0 Å². The lowest BCUT2D eigenvalue weighted by Crippen LogP contribution is -2.38. The topological polar surface area (TPSA) is 66.2 Å². The van der Waals surface area contributed by atoms with Gasteiger partial charge >= 0.3 is 6.01 Å². The van der Waals surface area contributed by atoms with Crippen LogP contribution in [-0.4, -0.2) is 40.8 Å². The molecular formula is C19H29N5O. The van der Waals surface area contributed by atoms with Crippen molar-refractivity contribution in [1.29, 1.82) is 0 Å². The number of anilines is 1. The predicted octanol–water partition coefficient (Wildman–Crippen LogP) is 3.21. The Kier molecular flexibility index (Phi) is 6.42. The number of aromatic nitrogens is 2. The van der Waals surface area contributed by atoms with Crippen molar-refractivity contribution in [3.05, 3.63) is 41.8 Å². The molecule has 0 amide bonds. The Morgan fingerprint density at radius 1 is 1.20 bits per heavy atom. The highest BCUT2D eigenvalue weighted by Crippen LogP contribution is 2.19. The minimum atomic E-state index is 0.0933. The van der Waals surface area contributed by atoms with Gasteiger partial charge in [0.15, 0.2) is 0 Å². The van der Waals surface area contributed by atoms with E-state index in [-0.39, 0.29) is 6.04 Å². The molecule has 0 bridgehead atoms. The number of nitrogens with zero attached hydrogens (tertiary/aromatic N) is 3. The third-order valence-corrected chi connectivity index (χ3v) is 4.68. The maximum Gasteiger partial charge on any atom is 0.315 e. The summed E-state index contributed by atoms with van der Waals surface area (Å²) in [7, 11) is 0. The van der Waals surface area contributed by atoms with Gasteiger partial charge < -0.3 is 15.1 Å². The first-order valence-corrected chi connectivity index (χ1v) is 9.34. The number of piperidine rings is 1. The van der Waals surface area contributed by atoms with Crippen LogP contribution in [0.5, 0.6) is 0 Å². The SMILES string of the molecule is CCCNC(C)c1nnc(NC2CCN(Cc3ccccc3)CC2)o1. The molecule has 1 saturated heterocycles. The normalized spacial score (nSPS) is 17.5. The zero-order chi connectivity index (χ0) is 17.5. The Morgan fingerprint density at radius 3 is 2.68 bits per heavy atom. The van der Waals surface area contributed by atoms with Crippen LogP contribution in [0.25, 0.3) is 0 Å². The Hall–Kier alpha value is -1.92. The van der Waals surface area contributed by atoms with Gasteiger partial charge in [0.2, 0.25) is 5.89 Å². The molecule has 136 valence electrons. The van der Waals surface area contributed by atoms with Crippen LogP contribution < -0.4 is 10.6 Å². The Bertz CT molecular complexity index is 622. The summed E-state index contributed by atoms with van der Waals surface area (Å²) in [4.78, 5) is 2.50. The molecular weight excluding hydrogens is 314 g/mol. The third-order valence-electron chi connectivity index (χ3n) is 4.68. The van der Waals surface area contributed by atoms with Crippen molar-refractivity contribution in [2.45, 2.75) is 51.7 Å². The fraction of sp³-hybridized carbons (Fsp3) is 0.579. The highest BCUT2D eigenvalue weighted by molar-refractivity contribution is 5.20. The summed E-state index contributed by atoms with van der Waals surface area (Å²) in [6.07, 6.45) is 3.27. The van der Waals surface area contributed by atoms with Gasteiger partial charge in [-0.15, -0.1) is 5.10 Å². The van der Waals surface area contributed by atoms with E-state index in [4.69, 9.17) is 4.42 Å². The van der Waals surface area contributed by atoms with Crippen LogP contribution in [0.15, 0.2) is 34.7 Å². The molecule has 6 nitrogen and oxygen atoms in total. The Labute approximate surface area is 150 Å². The number of hydrogen-bond acceptors (Lipinski definition) is 6. The summed E-state index contributed by atoms with van der Waals surface area (Å²) in [5, 5.41) is 15.1. The van der Waals surface area contributed by atoms with Crippen molar-refractivity contribution in [3.63, 3.8) is 0 Å². The lowest BCUT2D eigenvalue weighted by Gasteiger charge is -2.31. The van der Waals surface area contributed by atoms with Crippen LogP contribution in [0, 0.1) is 0 Å². The number of nitrogens with one attached hydrogen (secondary N) is 2. The lowest BCUT2D eigenvalue weighted by atomic mass is 10.0. The van der Waals surface area contributed by atoms with Gasteiger partial charge in [-0.05, 0) is 38.3 Å². The molecule has 0 spiro atoms. The first-order chi connectivity index (χ1) is 12.2. The fourth-order valence-electron chi connectivity index (χ4n) is 3.17. The van der Waals surface area contributed by atoms with Crippen LogP contribution >= 0.6 is 0 Å². The summed E-state index contributed by atoms with van der Waals surface area (Å²) >= 11 is 0. The lowest BCUT2D eigenvalue weighted by molar-refractivity contribution is 0.210. The van der Waals surface area contributed by atoms with Gasteiger partial charge in [-0.25, -0.2) is 0 Å². The first-order valence-electron chi connectivity index (χ1n) is 9.34. The summed E-state index contributed by atoms with van der Waals surface area (Å²) in [5.41, 5.74) is 1.38. The van der Waals surface area contributed by atoms with Gasteiger partial charge in [-0.1, -0.05) is 42.4 Å². The summed E-state index contributed by atoms with van der Waals surface area (Å²) in [5.74, 6) is 0.650. The maximum absolute atomic E-state index is 5.76. The van der Waals surface area contributed by atoms with E-state index in [1.165, 1.54) is 5.56 Å². The van der Waals surface area contributed by atoms with E-state index < -0.39 is 0 Å². The molecule has 1 fully saturated rings. The average Bonchev–Trinajstić information content (AvgIpc) is 3.11. The summed E-state index contributed by atoms with van der Waals surface area (Å²) < 4.78 is 5.76. The van der Waals surface area contributed by atoms with Crippen LogP contribution in [0.4, 0.5) is 6.01 Å². The minimum Gasteiger partial charge on any atom is -0.406 e. The van der Waals surface area contributed by atoms with Gasteiger partial charge in [-0.3, -0.25) is 4.90 Å². The van der Waals surface area contributed by atoms with E-state index in [0.29, 0.717) is 17.9 Å². The molecule has 1 aliphatic rings. The van der Waals surface area contributed by atoms with Gasteiger partial charge in [0.25, 0.3) is 0 Å². The molecule has 2 N–H and O–H groups in total. The highest BCUT2D eigenvalue weighted by Gasteiger charge is 2.21. The largest absolute Gasteiger partial charge is 0.406 e. The molecule has 1 aliphatic heterocycles. The monoisotopic (exact) mass is 343 g/mol. The molecule has 3 rings (SSSR count). The molecule has 2 aromatic rings. The van der Waals surface area contributed by atoms with Crippen LogP contribution in [-0.2, 0) is 6.54 Å². The van der Waals surface area contributed by atoms with E-state index in [9.17, 15) is 0 Å². The molecule has 0 saturated carbocycles. The molecule has 2 heterocycles. The van der Waals surface area contributed by atoms with Crippen LogP contribution in [0.1, 0.15) is 50.6 Å². The standard InChI is InChI=1S/C19H29N5O/c1-3-11-20-15(2)18-22-23-19(25-18)21-17-9-12-24(13-10-17)14-16-7-5-4-6-8-16/h4-8,15,17,20H,3,9-14H2,1-2H3,(H,21,23). The second-order valence-corrected chi connectivity index (χ2v) is 6.80. The second kappa shape index (κ2) is 8.97. The maximum atomic E-state index is 5.76. The molecule has 0 aliphatic carbocycles. The van der Waals surface area contributed by atoms with Gasteiger partial charge in [0.05, 0.1) is 6.04 Å². The molecule has 1 atom stereocenters. The first kappa shape index (κ1) is 17.9. The summed E-state index contributed by atoms with van der Waals surface area (Å²) in [6, 6.07) is 11.7. The average molecular weight is 343 g/mol. The zero-order valence-electron chi connectivity index (χ0n) is 15.2. The molecule has 6 heteroatoms. The van der Waals surface area contributed by atoms with E-state index in [0.717, 1.165) is 45.4 Å². The predicted molar refractivity (Wildman–Crippen MR) is 99.4 cm³/mol. The van der Waals surface area contributed by atoms with Crippen molar-refractivity contribution in [2.75, 3.05) is 25.0 Å². The highest BCUT2D eigenvalue weighted by atomic mass is 16.4. The van der Waals surface area contributed by atoms with E-state index in [2.05, 4.69) is 69.9 Å². The Morgan fingerprint density at radius 2 is 1.96 bits per heavy atom. The van der Waals surface area contributed by atoms with E-state index >= 15 is 0 Å². The molecule has 1 aromatic heterocycles. The Balaban J connectivity index is 1.44. The molecule has 1 unspecified atom stereocenters. The van der Waals surface area contributed by atoms with E-state index in [1.54, 1.807) is 0 Å². The summed E-state index contributed by atoms with van der Waals surface area (Å²) in [6.45, 7) is 8.34. The second-order valence-electron chi connectivity index (χ2n) is 6.80. The van der Waals surface area contributed by atoms with Gasteiger partial charge in [0.1, 0.15) is 0 Å². The zero-order valence-corrected chi connectivity index (χ0v) is 15.2. The van der Waals surface area contributed by atoms with E-state index in [1.807, 2.05) is 0 Å². The number of hydrogen-bond donors (Lipinski definition) is 2. The third kappa shape index (κ3) is 5.28. The molecule has 25 heavy (non-hydrogen) atoms. The smallest absolute Gasteiger partial charge is 0.315 e. The van der Waals surface area contributed by atoms with Crippen molar-refractivity contribution in [3.8, 4) is 0 Å². The van der Waals surface area contributed by atoms with Gasteiger partial charge in [0, 0.05) is 25.7 Å². The van der Waals surface area contributed by atoms with Crippen molar-refractivity contribution >= 4 is 6.01 Å². The molecule has 0 radical (unpaired) electrons. The fourth-order valence-corrected chi connectivity index (χ4v) is 3.17. The number of benzene rings is 1. The quantitative estimate of drug-likeness (QED) is 0.767. The number of likely N-dealkylation sites (tertiary alicyclic amines) is 1. The van der Waals surface area contributed by atoms with Crippen molar-refractivity contribution in [1.82, 2.24) is 20.4 Å². The number of rotatable bonds is 8. The molecule has 1 aromatic carbocycles.